The first-order chi connectivity index (χ1) is 13.1. The molecule has 5 heteroatoms. The molecule has 0 saturated carbocycles. The molecule has 0 radical (unpaired) electrons. The number of aliphatic imine (C=N–C) groups is 1. The highest BCUT2D eigenvalue weighted by molar-refractivity contribution is 6.30. The van der Waals surface area contributed by atoms with Gasteiger partial charge in [0.15, 0.2) is 0 Å². The number of hydrogen-bond donors (Lipinski definition) is 1. The van der Waals surface area contributed by atoms with Crippen molar-refractivity contribution in [3.63, 3.8) is 0 Å². The smallest absolute Gasteiger partial charge is 0.129 e. The highest BCUT2D eigenvalue weighted by atomic mass is 35.5. The molecule has 1 aliphatic rings. The number of halogens is 2. The van der Waals surface area contributed by atoms with Gasteiger partial charge >= 0.3 is 0 Å². The summed E-state index contributed by atoms with van der Waals surface area (Å²) < 4.78 is 5.25. The number of amidine groups is 1. The van der Waals surface area contributed by atoms with Crippen LogP contribution in [0.1, 0.15) is 28.8 Å². The van der Waals surface area contributed by atoms with Gasteiger partial charge in [0.25, 0.3) is 0 Å². The zero-order valence-corrected chi connectivity index (χ0v) is 16.2. The van der Waals surface area contributed by atoms with Crippen LogP contribution in [0.4, 0.5) is 0 Å². The Labute approximate surface area is 168 Å². The van der Waals surface area contributed by atoms with E-state index in [1.807, 2.05) is 72.8 Å². The van der Waals surface area contributed by atoms with Crippen molar-refractivity contribution in [1.29, 1.82) is 0 Å². The van der Waals surface area contributed by atoms with E-state index in [0.29, 0.717) is 5.02 Å². The van der Waals surface area contributed by atoms with Gasteiger partial charge < -0.3 is 10.1 Å². The second-order valence-electron chi connectivity index (χ2n) is 6.38. The summed E-state index contributed by atoms with van der Waals surface area (Å²) in [4.78, 5) is 4.98. The van der Waals surface area contributed by atoms with Crippen LogP contribution in [0.3, 0.4) is 0 Å². The normalized spacial score (nSPS) is 18.7. The maximum Gasteiger partial charge on any atom is 0.129 e. The van der Waals surface area contributed by atoms with Crippen LogP contribution < -0.4 is 10.1 Å². The van der Waals surface area contributed by atoms with Gasteiger partial charge in [-0.05, 0) is 59.7 Å². The van der Waals surface area contributed by atoms with E-state index in [1.54, 1.807) is 7.11 Å². The molecule has 3 aromatic carbocycles. The Bertz CT molecular complexity index is 951. The van der Waals surface area contributed by atoms with Gasteiger partial charge in [0.1, 0.15) is 17.6 Å². The Balaban J connectivity index is 1.72. The van der Waals surface area contributed by atoms with Crippen molar-refractivity contribution in [2.45, 2.75) is 12.1 Å². The molecule has 2 unspecified atom stereocenters. The van der Waals surface area contributed by atoms with E-state index in [4.69, 9.17) is 32.9 Å². The van der Waals surface area contributed by atoms with E-state index in [9.17, 15) is 0 Å². The first-order valence-electron chi connectivity index (χ1n) is 8.64. The second kappa shape index (κ2) is 7.63. The van der Waals surface area contributed by atoms with Crippen LogP contribution >= 0.6 is 23.2 Å². The third-order valence-corrected chi connectivity index (χ3v) is 5.18. The molecule has 136 valence electrons. The maximum atomic E-state index is 6.07. The lowest BCUT2D eigenvalue weighted by molar-refractivity contribution is 0.415. The van der Waals surface area contributed by atoms with E-state index < -0.39 is 0 Å². The average molecular weight is 397 g/mol. The number of ether oxygens (including phenoxy) is 1. The highest BCUT2D eigenvalue weighted by Gasteiger charge is 2.31. The van der Waals surface area contributed by atoms with Gasteiger partial charge in [-0.15, -0.1) is 0 Å². The zero-order valence-electron chi connectivity index (χ0n) is 14.7. The van der Waals surface area contributed by atoms with Gasteiger partial charge in [0, 0.05) is 15.6 Å². The minimum atomic E-state index is -0.0551. The summed E-state index contributed by atoms with van der Waals surface area (Å²) in [6, 6.07) is 23.6. The first-order valence-corrected chi connectivity index (χ1v) is 9.39. The third kappa shape index (κ3) is 3.80. The molecule has 4 rings (SSSR count). The molecule has 2 atom stereocenters. The maximum absolute atomic E-state index is 6.07. The Kier molecular flexibility index (Phi) is 5.06. The van der Waals surface area contributed by atoms with E-state index in [-0.39, 0.29) is 12.1 Å². The van der Waals surface area contributed by atoms with E-state index in [1.165, 1.54) is 0 Å². The van der Waals surface area contributed by atoms with Crippen molar-refractivity contribution in [3.05, 3.63) is 99.5 Å². The van der Waals surface area contributed by atoms with Crippen LogP contribution in [0.2, 0.25) is 10.0 Å². The molecule has 0 bridgehead atoms. The van der Waals surface area contributed by atoms with Crippen molar-refractivity contribution in [2.75, 3.05) is 7.11 Å². The minimum absolute atomic E-state index is 0.0144. The summed E-state index contributed by atoms with van der Waals surface area (Å²) in [6.07, 6.45) is 0. The molecule has 1 aliphatic heterocycles. The molecule has 0 spiro atoms. The molecular weight excluding hydrogens is 379 g/mol. The summed E-state index contributed by atoms with van der Waals surface area (Å²) >= 11 is 12.1. The fraction of sp³-hybridized carbons (Fsp3) is 0.136. The SMILES string of the molecule is COc1ccc(C2=NC(c3ccc(Cl)cc3)C(c3ccc(Cl)cc3)N2)cc1. The van der Waals surface area contributed by atoms with Crippen molar-refractivity contribution in [2.24, 2.45) is 4.99 Å². The molecule has 1 heterocycles. The summed E-state index contributed by atoms with van der Waals surface area (Å²) in [5.74, 6) is 1.68. The van der Waals surface area contributed by atoms with Crippen molar-refractivity contribution in [1.82, 2.24) is 5.32 Å². The number of benzene rings is 3. The van der Waals surface area contributed by atoms with E-state index in [0.717, 1.165) is 33.3 Å². The number of nitrogens with one attached hydrogen (secondary N) is 1. The molecular formula is C22H18Cl2N2O. The zero-order chi connectivity index (χ0) is 18.8. The topological polar surface area (TPSA) is 33.6 Å². The number of nitrogens with zero attached hydrogens (tertiary/aromatic N) is 1. The molecule has 0 aliphatic carbocycles. The van der Waals surface area contributed by atoms with Gasteiger partial charge in [-0.3, -0.25) is 4.99 Å². The van der Waals surface area contributed by atoms with E-state index in [2.05, 4.69) is 5.32 Å². The quantitative estimate of drug-likeness (QED) is 0.601. The molecule has 0 saturated heterocycles. The van der Waals surface area contributed by atoms with Gasteiger partial charge in [0.2, 0.25) is 0 Å². The van der Waals surface area contributed by atoms with Crippen LogP contribution in [-0.4, -0.2) is 12.9 Å². The van der Waals surface area contributed by atoms with E-state index >= 15 is 0 Å². The summed E-state index contributed by atoms with van der Waals surface area (Å²) in [5, 5.41) is 5.01. The Morgan fingerprint density at radius 3 is 1.89 bits per heavy atom. The molecule has 3 nitrogen and oxygen atoms in total. The lowest BCUT2D eigenvalue weighted by atomic mass is 9.95. The molecule has 27 heavy (non-hydrogen) atoms. The predicted molar refractivity (Wildman–Crippen MR) is 111 cm³/mol. The number of hydrogen-bond acceptors (Lipinski definition) is 3. The lowest BCUT2D eigenvalue weighted by Crippen LogP contribution is -2.25. The fourth-order valence-corrected chi connectivity index (χ4v) is 3.50. The molecule has 3 aromatic rings. The van der Waals surface area contributed by atoms with Gasteiger partial charge in [0.05, 0.1) is 13.2 Å². The van der Waals surface area contributed by atoms with Crippen LogP contribution in [0.15, 0.2) is 77.8 Å². The van der Waals surface area contributed by atoms with Crippen molar-refractivity contribution < 1.29 is 4.74 Å². The van der Waals surface area contributed by atoms with Crippen LogP contribution in [-0.2, 0) is 0 Å². The minimum Gasteiger partial charge on any atom is -0.497 e. The lowest BCUT2D eigenvalue weighted by Gasteiger charge is -2.20. The Hall–Kier alpha value is -2.49. The number of methoxy groups -OCH3 is 1. The summed E-state index contributed by atoms with van der Waals surface area (Å²) in [7, 11) is 1.66. The predicted octanol–water partition coefficient (Wildman–Crippen LogP) is 5.83. The van der Waals surface area contributed by atoms with Gasteiger partial charge in [-0.1, -0.05) is 47.5 Å². The van der Waals surface area contributed by atoms with Crippen molar-refractivity contribution >= 4 is 29.0 Å². The van der Waals surface area contributed by atoms with Gasteiger partial charge in [-0.2, -0.15) is 0 Å². The molecule has 0 aromatic heterocycles. The largest absolute Gasteiger partial charge is 0.497 e. The summed E-state index contributed by atoms with van der Waals surface area (Å²) in [5.41, 5.74) is 3.26. The first kappa shape index (κ1) is 17.9. The number of rotatable bonds is 4. The Morgan fingerprint density at radius 2 is 1.33 bits per heavy atom. The van der Waals surface area contributed by atoms with Crippen molar-refractivity contribution in [3.8, 4) is 5.75 Å². The second-order valence-corrected chi connectivity index (χ2v) is 7.25. The molecule has 0 fully saturated rings. The standard InChI is InChI=1S/C22H18Cl2N2O/c1-27-19-12-6-16(7-13-19)22-25-20(14-2-8-17(23)9-3-14)21(26-22)15-4-10-18(24)11-5-15/h2-13,20-21H,1H3,(H,25,26). The van der Waals surface area contributed by atoms with Crippen LogP contribution in [0.5, 0.6) is 5.75 Å². The molecule has 1 N–H and O–H groups in total. The monoisotopic (exact) mass is 396 g/mol. The van der Waals surface area contributed by atoms with Gasteiger partial charge in [-0.25, -0.2) is 0 Å². The average Bonchev–Trinajstić information content (AvgIpc) is 3.14. The summed E-state index contributed by atoms with van der Waals surface area (Å²) in [6.45, 7) is 0. The van der Waals surface area contributed by atoms with Crippen LogP contribution in [0, 0.1) is 0 Å². The highest BCUT2D eigenvalue weighted by Crippen LogP contribution is 2.37. The third-order valence-electron chi connectivity index (χ3n) is 4.68. The fourth-order valence-electron chi connectivity index (χ4n) is 3.25. The van der Waals surface area contributed by atoms with Crippen LogP contribution in [0.25, 0.3) is 0 Å². The Morgan fingerprint density at radius 1 is 0.778 bits per heavy atom. The molecule has 0 amide bonds.